The van der Waals surface area contributed by atoms with Crippen LogP contribution in [0, 0.1) is 0 Å². The second-order valence-electron chi connectivity index (χ2n) is 3.15. The Morgan fingerprint density at radius 1 is 0.929 bits per heavy atom. The van der Waals surface area contributed by atoms with Gasteiger partial charge in [0.1, 0.15) is 0 Å². The molecule has 1 aliphatic carbocycles. The molecular formula is C6H10N6O2. The van der Waals surface area contributed by atoms with E-state index in [0.717, 1.165) is 0 Å². The highest BCUT2D eigenvalue weighted by Gasteiger charge is 2.34. The number of nitrogens with zero attached hydrogens (tertiary/aromatic N) is 6. The topological polar surface area (TPSA) is 138 Å². The van der Waals surface area contributed by atoms with Crippen molar-refractivity contribution in [3.05, 3.63) is 20.9 Å². The molecule has 2 N–H and O–H groups in total. The Morgan fingerprint density at radius 3 is 1.71 bits per heavy atom. The van der Waals surface area contributed by atoms with Crippen molar-refractivity contribution in [3.8, 4) is 0 Å². The minimum absolute atomic E-state index is 0.0629. The van der Waals surface area contributed by atoms with Crippen molar-refractivity contribution in [1.82, 2.24) is 0 Å². The summed E-state index contributed by atoms with van der Waals surface area (Å²) in [6.45, 7) is 0. The Bertz CT molecular complexity index is 267. The lowest BCUT2D eigenvalue weighted by atomic mass is 9.87. The van der Waals surface area contributed by atoms with Crippen LogP contribution in [0.3, 0.4) is 0 Å². The van der Waals surface area contributed by atoms with Crippen LogP contribution < -0.4 is 0 Å². The van der Waals surface area contributed by atoms with Gasteiger partial charge in [0.15, 0.2) is 0 Å². The van der Waals surface area contributed by atoms with Gasteiger partial charge in [-0.3, -0.25) is 0 Å². The number of aliphatic hydroxyl groups is 2. The summed E-state index contributed by atoms with van der Waals surface area (Å²) >= 11 is 0. The van der Waals surface area contributed by atoms with Crippen LogP contribution >= 0.6 is 0 Å². The standard InChI is InChI=1S/C6H10N6O2/c7-11-9-3-1-4(10-12-8)6(14)2-5(3)13/h3-6,13-14H,1-2H2/t3-,4-,5-,6-/m0/s1. The van der Waals surface area contributed by atoms with Crippen molar-refractivity contribution < 1.29 is 10.2 Å². The molecule has 0 amide bonds. The van der Waals surface area contributed by atoms with E-state index in [1.54, 1.807) is 0 Å². The quantitative estimate of drug-likeness (QED) is 0.386. The fourth-order valence-corrected chi connectivity index (χ4v) is 1.50. The molecule has 0 spiro atoms. The Labute approximate surface area is 79.4 Å². The predicted octanol–water partition coefficient (Wildman–Crippen LogP) is 0.860. The van der Waals surface area contributed by atoms with Gasteiger partial charge in [-0.15, -0.1) is 0 Å². The first kappa shape index (κ1) is 10.6. The van der Waals surface area contributed by atoms with Crippen molar-refractivity contribution in [2.75, 3.05) is 0 Å². The van der Waals surface area contributed by atoms with E-state index < -0.39 is 24.3 Å². The SMILES string of the molecule is [N-]=[N+]=N[C@H]1C[C@H](N=[N+]=[N-])[C@@H](O)C[C@@H]1O. The van der Waals surface area contributed by atoms with Crippen LogP contribution in [0.4, 0.5) is 0 Å². The predicted molar refractivity (Wildman–Crippen MR) is 47.1 cm³/mol. The molecule has 8 heteroatoms. The zero-order valence-corrected chi connectivity index (χ0v) is 7.30. The van der Waals surface area contributed by atoms with Gasteiger partial charge >= 0.3 is 0 Å². The summed E-state index contributed by atoms with van der Waals surface area (Å²) in [5.41, 5.74) is 16.4. The van der Waals surface area contributed by atoms with Crippen LogP contribution in [-0.2, 0) is 0 Å². The minimum Gasteiger partial charge on any atom is -0.393 e. The maximum absolute atomic E-state index is 9.40. The zero-order chi connectivity index (χ0) is 10.6. The van der Waals surface area contributed by atoms with E-state index in [1.165, 1.54) is 0 Å². The third-order valence-corrected chi connectivity index (χ3v) is 2.25. The fourth-order valence-electron chi connectivity index (χ4n) is 1.50. The van der Waals surface area contributed by atoms with Crippen molar-refractivity contribution in [1.29, 1.82) is 0 Å². The monoisotopic (exact) mass is 198 g/mol. The molecule has 4 atom stereocenters. The average molecular weight is 198 g/mol. The molecule has 0 radical (unpaired) electrons. The number of hydrogen-bond acceptors (Lipinski definition) is 4. The maximum atomic E-state index is 9.40. The molecule has 0 heterocycles. The average Bonchev–Trinajstić information content (AvgIpc) is 2.14. The Kier molecular flexibility index (Phi) is 3.55. The first-order valence-corrected chi connectivity index (χ1v) is 4.13. The Hall–Kier alpha value is -1.46. The summed E-state index contributed by atoms with van der Waals surface area (Å²) in [6, 6.07) is -1.25. The number of azide groups is 2. The van der Waals surface area contributed by atoms with Crippen molar-refractivity contribution in [2.45, 2.75) is 37.1 Å². The van der Waals surface area contributed by atoms with Gasteiger partial charge < -0.3 is 10.2 Å². The van der Waals surface area contributed by atoms with E-state index in [9.17, 15) is 10.2 Å². The largest absolute Gasteiger partial charge is 0.393 e. The van der Waals surface area contributed by atoms with E-state index in [2.05, 4.69) is 20.1 Å². The van der Waals surface area contributed by atoms with Crippen molar-refractivity contribution in [2.24, 2.45) is 10.2 Å². The third-order valence-electron chi connectivity index (χ3n) is 2.25. The molecule has 0 aliphatic heterocycles. The molecule has 14 heavy (non-hydrogen) atoms. The van der Waals surface area contributed by atoms with Crippen LogP contribution in [0.1, 0.15) is 12.8 Å². The van der Waals surface area contributed by atoms with Crippen LogP contribution in [0.2, 0.25) is 0 Å². The first-order chi connectivity index (χ1) is 6.69. The third kappa shape index (κ3) is 2.27. The van der Waals surface area contributed by atoms with E-state index in [4.69, 9.17) is 11.1 Å². The van der Waals surface area contributed by atoms with Crippen LogP contribution in [-0.4, -0.2) is 34.5 Å². The van der Waals surface area contributed by atoms with Crippen molar-refractivity contribution in [3.63, 3.8) is 0 Å². The number of rotatable bonds is 2. The number of aliphatic hydroxyl groups excluding tert-OH is 2. The highest BCUT2D eigenvalue weighted by atomic mass is 16.3. The summed E-state index contributed by atoms with van der Waals surface area (Å²) < 4.78 is 0. The molecule has 1 aliphatic rings. The van der Waals surface area contributed by atoms with Crippen molar-refractivity contribution >= 4 is 0 Å². The van der Waals surface area contributed by atoms with Gasteiger partial charge in [0.05, 0.1) is 24.3 Å². The molecule has 0 saturated heterocycles. The molecule has 0 aromatic heterocycles. The fraction of sp³-hybridized carbons (Fsp3) is 1.00. The normalized spacial score (nSPS) is 36.7. The summed E-state index contributed by atoms with van der Waals surface area (Å²) in [4.78, 5) is 5.16. The molecule has 0 bridgehead atoms. The smallest absolute Gasteiger partial charge is 0.0649 e. The minimum atomic E-state index is -0.869. The van der Waals surface area contributed by atoms with E-state index in [0.29, 0.717) is 0 Å². The lowest BCUT2D eigenvalue weighted by Gasteiger charge is -2.31. The molecule has 0 aromatic carbocycles. The molecule has 1 rings (SSSR count). The van der Waals surface area contributed by atoms with Crippen LogP contribution in [0.15, 0.2) is 10.2 Å². The lowest BCUT2D eigenvalue weighted by molar-refractivity contribution is 0.0148. The van der Waals surface area contributed by atoms with Gasteiger partial charge in [0, 0.05) is 16.2 Å². The summed E-state index contributed by atoms with van der Waals surface area (Å²) in [7, 11) is 0. The highest BCUT2D eigenvalue weighted by Crippen LogP contribution is 2.24. The molecular weight excluding hydrogens is 188 g/mol. The Balaban J connectivity index is 2.74. The van der Waals surface area contributed by atoms with Gasteiger partial charge in [-0.25, -0.2) is 0 Å². The second-order valence-corrected chi connectivity index (χ2v) is 3.15. The van der Waals surface area contributed by atoms with E-state index in [-0.39, 0.29) is 12.8 Å². The molecule has 76 valence electrons. The maximum Gasteiger partial charge on any atom is 0.0649 e. The van der Waals surface area contributed by atoms with Gasteiger partial charge in [0.25, 0.3) is 0 Å². The van der Waals surface area contributed by atoms with Gasteiger partial charge in [-0.1, -0.05) is 10.2 Å². The summed E-state index contributed by atoms with van der Waals surface area (Å²) in [5, 5.41) is 25.5. The van der Waals surface area contributed by atoms with E-state index >= 15 is 0 Å². The van der Waals surface area contributed by atoms with E-state index in [1.807, 2.05) is 0 Å². The van der Waals surface area contributed by atoms with Gasteiger partial charge in [-0.05, 0) is 17.5 Å². The lowest BCUT2D eigenvalue weighted by Crippen LogP contribution is -2.42. The highest BCUT2D eigenvalue weighted by molar-refractivity contribution is 4.93. The molecule has 0 aromatic rings. The number of hydrogen-bond donors (Lipinski definition) is 2. The summed E-state index contributed by atoms with van der Waals surface area (Å²) in [5.74, 6) is 0. The molecule has 1 fully saturated rings. The van der Waals surface area contributed by atoms with Gasteiger partial charge in [0.2, 0.25) is 0 Å². The molecule has 0 unspecified atom stereocenters. The molecule has 8 nitrogen and oxygen atoms in total. The second kappa shape index (κ2) is 4.69. The zero-order valence-electron chi connectivity index (χ0n) is 7.30. The molecule has 1 saturated carbocycles. The first-order valence-electron chi connectivity index (χ1n) is 4.13. The van der Waals surface area contributed by atoms with Gasteiger partial charge in [-0.2, -0.15) is 0 Å². The Morgan fingerprint density at radius 2 is 1.36 bits per heavy atom. The van der Waals surface area contributed by atoms with Crippen LogP contribution in [0.5, 0.6) is 0 Å². The summed E-state index contributed by atoms with van der Waals surface area (Å²) in [6.07, 6.45) is -1.50. The van der Waals surface area contributed by atoms with Crippen LogP contribution in [0.25, 0.3) is 20.9 Å².